The van der Waals surface area contributed by atoms with Crippen LogP contribution < -0.4 is 0 Å². The molecule has 0 aromatic carbocycles. The first kappa shape index (κ1) is 8.12. The largest absolute Gasteiger partial charge is 0.207 e. The third-order valence-electron chi connectivity index (χ3n) is 1.55. The second kappa shape index (κ2) is 3.49. The van der Waals surface area contributed by atoms with Gasteiger partial charge in [-0.3, -0.25) is 0 Å². The van der Waals surface area contributed by atoms with Crippen LogP contribution in [0.15, 0.2) is 35.3 Å². The van der Waals surface area contributed by atoms with Crippen molar-refractivity contribution in [3.8, 4) is 0 Å². The van der Waals surface area contributed by atoms with Crippen molar-refractivity contribution in [1.29, 1.82) is 0 Å². The van der Waals surface area contributed by atoms with Crippen LogP contribution in [0.5, 0.6) is 0 Å². The molecule has 0 saturated heterocycles. The lowest BCUT2D eigenvalue weighted by Gasteiger charge is -1.94. The average molecular weight is 192 g/mol. The van der Waals surface area contributed by atoms with Gasteiger partial charge in [-0.05, 0) is 18.4 Å². The lowest BCUT2D eigenvalue weighted by atomic mass is 10.3. The van der Waals surface area contributed by atoms with Gasteiger partial charge in [0, 0.05) is 0 Å². The molecular weight excluding hydrogens is 184 g/mol. The maximum absolute atomic E-state index is 4.28. The molecule has 0 atom stereocenters. The molecule has 0 aliphatic carbocycles. The Labute approximate surface area is 79.6 Å². The lowest BCUT2D eigenvalue weighted by Crippen LogP contribution is -1.94. The predicted molar refractivity (Wildman–Crippen MR) is 52.0 cm³/mol. The van der Waals surface area contributed by atoms with Crippen LogP contribution in [0.4, 0.5) is 0 Å². The van der Waals surface area contributed by atoms with Gasteiger partial charge in [0.15, 0.2) is 0 Å². The molecule has 0 saturated carbocycles. The molecule has 0 spiro atoms. The van der Waals surface area contributed by atoms with Gasteiger partial charge in [-0.1, -0.05) is 6.07 Å². The molecule has 66 valence electrons. The lowest BCUT2D eigenvalue weighted by molar-refractivity contribution is 0.871. The Balaban J connectivity index is 2.27. The normalized spacial score (nSPS) is 11.9. The first-order valence-electron chi connectivity index (χ1n) is 3.80. The summed E-state index contributed by atoms with van der Waals surface area (Å²) in [6.07, 6.45) is 3.13. The van der Waals surface area contributed by atoms with E-state index in [2.05, 4.69) is 15.3 Å². The number of rotatable bonds is 2. The second-order valence-electron chi connectivity index (χ2n) is 2.50. The van der Waals surface area contributed by atoms with Gasteiger partial charge in [0.2, 0.25) is 0 Å². The molecule has 0 bridgehead atoms. The van der Waals surface area contributed by atoms with Gasteiger partial charge < -0.3 is 0 Å². The SMILES string of the molecule is C/C(=N\n1cnnc1)c1cccs1. The third kappa shape index (κ3) is 1.81. The Bertz CT molecular complexity index is 388. The monoisotopic (exact) mass is 192 g/mol. The summed E-state index contributed by atoms with van der Waals surface area (Å²) < 4.78 is 1.59. The number of nitrogens with zero attached hydrogens (tertiary/aromatic N) is 4. The molecule has 13 heavy (non-hydrogen) atoms. The summed E-state index contributed by atoms with van der Waals surface area (Å²) >= 11 is 1.67. The molecule has 2 rings (SSSR count). The maximum atomic E-state index is 4.28. The standard InChI is InChI=1S/C8H8N4S/c1-7(8-3-2-4-13-8)11-12-5-9-10-6-12/h2-6H,1H3/b11-7+. The second-order valence-corrected chi connectivity index (χ2v) is 3.45. The van der Waals surface area contributed by atoms with Crippen molar-refractivity contribution in [3.05, 3.63) is 35.0 Å². The molecule has 0 aliphatic rings. The fraction of sp³-hybridized carbons (Fsp3) is 0.125. The number of hydrogen-bond donors (Lipinski definition) is 0. The molecule has 0 unspecified atom stereocenters. The molecule has 2 heterocycles. The van der Waals surface area contributed by atoms with Gasteiger partial charge in [0.1, 0.15) is 12.7 Å². The summed E-state index contributed by atoms with van der Waals surface area (Å²) in [6, 6.07) is 4.04. The van der Waals surface area contributed by atoms with E-state index in [4.69, 9.17) is 0 Å². The summed E-state index contributed by atoms with van der Waals surface area (Å²) in [4.78, 5) is 1.16. The van der Waals surface area contributed by atoms with Crippen molar-refractivity contribution in [2.75, 3.05) is 0 Å². The van der Waals surface area contributed by atoms with E-state index in [0.29, 0.717) is 0 Å². The van der Waals surface area contributed by atoms with Crippen molar-refractivity contribution in [2.45, 2.75) is 6.92 Å². The van der Waals surface area contributed by atoms with Gasteiger partial charge in [0.05, 0.1) is 10.6 Å². The number of hydrogen-bond acceptors (Lipinski definition) is 4. The average Bonchev–Trinajstić information content (AvgIpc) is 2.74. The molecule has 2 aromatic rings. The molecule has 0 aliphatic heterocycles. The highest BCUT2D eigenvalue weighted by Crippen LogP contribution is 2.09. The first-order chi connectivity index (χ1) is 6.36. The number of thiophene rings is 1. The highest BCUT2D eigenvalue weighted by molar-refractivity contribution is 7.12. The zero-order valence-electron chi connectivity index (χ0n) is 7.08. The molecule has 0 N–H and O–H groups in total. The molecule has 5 heteroatoms. The topological polar surface area (TPSA) is 43.1 Å². The van der Waals surface area contributed by atoms with E-state index < -0.39 is 0 Å². The fourth-order valence-electron chi connectivity index (χ4n) is 0.954. The van der Waals surface area contributed by atoms with Crippen molar-refractivity contribution >= 4 is 17.0 Å². The van der Waals surface area contributed by atoms with Crippen molar-refractivity contribution in [1.82, 2.24) is 14.9 Å². The Kier molecular flexibility index (Phi) is 2.18. The van der Waals surface area contributed by atoms with E-state index in [1.165, 1.54) is 0 Å². The van der Waals surface area contributed by atoms with Gasteiger partial charge in [-0.2, -0.15) is 5.10 Å². The molecule has 2 aromatic heterocycles. The summed E-state index contributed by atoms with van der Waals surface area (Å²) in [5.74, 6) is 0. The van der Waals surface area contributed by atoms with Crippen LogP contribution in [-0.2, 0) is 0 Å². The van der Waals surface area contributed by atoms with E-state index >= 15 is 0 Å². The summed E-state index contributed by atoms with van der Waals surface area (Å²) in [5.41, 5.74) is 0.967. The van der Waals surface area contributed by atoms with E-state index in [0.717, 1.165) is 10.6 Å². The van der Waals surface area contributed by atoms with Crippen molar-refractivity contribution in [2.24, 2.45) is 5.10 Å². The van der Waals surface area contributed by atoms with Gasteiger partial charge in [-0.25, -0.2) is 4.68 Å². The van der Waals surface area contributed by atoms with Gasteiger partial charge in [0.25, 0.3) is 0 Å². The van der Waals surface area contributed by atoms with Crippen LogP contribution in [0.1, 0.15) is 11.8 Å². The van der Waals surface area contributed by atoms with Crippen LogP contribution >= 0.6 is 11.3 Å². The smallest absolute Gasteiger partial charge is 0.141 e. The highest BCUT2D eigenvalue weighted by atomic mass is 32.1. The van der Waals surface area contributed by atoms with Gasteiger partial charge in [-0.15, -0.1) is 21.5 Å². The third-order valence-corrected chi connectivity index (χ3v) is 2.53. The molecule has 4 nitrogen and oxygen atoms in total. The van der Waals surface area contributed by atoms with Crippen molar-refractivity contribution < 1.29 is 0 Å². The van der Waals surface area contributed by atoms with E-state index in [-0.39, 0.29) is 0 Å². The van der Waals surface area contributed by atoms with Crippen LogP contribution in [0.25, 0.3) is 0 Å². The van der Waals surface area contributed by atoms with E-state index in [1.807, 2.05) is 24.4 Å². The van der Waals surface area contributed by atoms with Crippen molar-refractivity contribution in [3.63, 3.8) is 0 Å². The molecule has 0 fully saturated rings. The molecular formula is C8H8N4S. The quantitative estimate of drug-likeness (QED) is 0.678. The van der Waals surface area contributed by atoms with E-state index in [9.17, 15) is 0 Å². The van der Waals surface area contributed by atoms with Crippen LogP contribution in [-0.4, -0.2) is 20.6 Å². The first-order valence-corrected chi connectivity index (χ1v) is 4.68. The minimum Gasteiger partial charge on any atom is -0.207 e. The Morgan fingerprint density at radius 3 is 2.85 bits per heavy atom. The summed E-state index contributed by atoms with van der Waals surface area (Å²) in [6.45, 7) is 1.96. The number of aromatic nitrogens is 3. The van der Waals surface area contributed by atoms with Crippen LogP contribution in [0.3, 0.4) is 0 Å². The van der Waals surface area contributed by atoms with Gasteiger partial charge >= 0.3 is 0 Å². The zero-order valence-corrected chi connectivity index (χ0v) is 7.90. The van der Waals surface area contributed by atoms with Crippen LogP contribution in [0.2, 0.25) is 0 Å². The minimum absolute atomic E-state index is 0.967. The Hall–Kier alpha value is -1.49. The predicted octanol–water partition coefficient (Wildman–Crippen LogP) is 1.61. The molecule has 0 radical (unpaired) electrons. The minimum atomic E-state index is 0.967. The maximum Gasteiger partial charge on any atom is 0.141 e. The Morgan fingerprint density at radius 1 is 1.46 bits per heavy atom. The van der Waals surface area contributed by atoms with Crippen LogP contribution in [0, 0.1) is 0 Å². The Morgan fingerprint density at radius 2 is 2.23 bits per heavy atom. The summed E-state index contributed by atoms with van der Waals surface area (Å²) in [5, 5.41) is 13.6. The fourth-order valence-corrected chi connectivity index (χ4v) is 1.63. The molecule has 0 amide bonds. The van der Waals surface area contributed by atoms with E-state index in [1.54, 1.807) is 28.7 Å². The zero-order chi connectivity index (χ0) is 9.10. The summed E-state index contributed by atoms with van der Waals surface area (Å²) in [7, 11) is 0. The highest BCUT2D eigenvalue weighted by Gasteiger charge is 1.97.